The van der Waals surface area contributed by atoms with Gasteiger partial charge in [0.15, 0.2) is 0 Å². The largest absolute Gasteiger partial charge is 0.382 e. The van der Waals surface area contributed by atoms with E-state index in [0.29, 0.717) is 12.0 Å². The van der Waals surface area contributed by atoms with Crippen LogP contribution in [0, 0.1) is 0 Å². The van der Waals surface area contributed by atoms with E-state index in [1.165, 1.54) is 38.3 Å². The lowest BCUT2D eigenvalue weighted by molar-refractivity contribution is 0.147. The number of hydrogen-bond donors (Lipinski definition) is 1. The average Bonchev–Trinajstić information content (AvgIpc) is 2.75. The highest BCUT2D eigenvalue weighted by Crippen LogP contribution is 2.27. The van der Waals surface area contributed by atoms with Gasteiger partial charge in [0.05, 0.1) is 11.1 Å². The Hall–Kier alpha value is -2.19. The predicted octanol–water partition coefficient (Wildman–Crippen LogP) is 2.35. The van der Waals surface area contributed by atoms with Gasteiger partial charge in [-0.25, -0.2) is 13.4 Å². The van der Waals surface area contributed by atoms with Gasteiger partial charge < -0.3 is 10.6 Å². The molecule has 7 nitrogen and oxygen atoms in total. The molecule has 8 heteroatoms. The van der Waals surface area contributed by atoms with Crippen molar-refractivity contribution >= 4 is 21.6 Å². The molecule has 1 aliphatic heterocycles. The lowest BCUT2D eigenvalue weighted by Crippen LogP contribution is -2.51. The number of nitrogens with two attached hydrogens (primary N) is 1. The Balaban J connectivity index is 1.47. The Morgan fingerprint density at radius 3 is 2.29 bits per heavy atom. The van der Waals surface area contributed by atoms with Crippen LogP contribution in [0.2, 0.25) is 0 Å². The Labute approximate surface area is 166 Å². The van der Waals surface area contributed by atoms with Crippen LogP contribution in [0.5, 0.6) is 0 Å². The molecule has 0 atom stereocenters. The van der Waals surface area contributed by atoms with Crippen LogP contribution in [0.3, 0.4) is 0 Å². The quantitative estimate of drug-likeness (QED) is 0.840. The second kappa shape index (κ2) is 8.05. The van der Waals surface area contributed by atoms with Crippen LogP contribution in [-0.4, -0.2) is 55.5 Å². The summed E-state index contributed by atoms with van der Waals surface area (Å²) in [4.78, 5) is 13.5. The standard InChI is InChI=1S/C20H27N5O2S/c21-19-18(28(26,27)17-9-5-2-6-10-17)15-22-20(23-19)25-13-11-24(12-14-25)16-7-3-1-4-8-16/h2,5-6,9-10,15-16H,1,3-4,7-8,11-14H2,(H2,21,22,23). The first-order valence-electron chi connectivity index (χ1n) is 9.97. The molecule has 28 heavy (non-hydrogen) atoms. The van der Waals surface area contributed by atoms with E-state index in [0.717, 1.165) is 26.2 Å². The molecule has 1 aliphatic carbocycles. The summed E-state index contributed by atoms with van der Waals surface area (Å²) >= 11 is 0. The highest BCUT2D eigenvalue weighted by molar-refractivity contribution is 7.91. The highest BCUT2D eigenvalue weighted by atomic mass is 32.2. The number of anilines is 2. The maximum Gasteiger partial charge on any atom is 0.227 e. The van der Waals surface area contributed by atoms with Crippen LogP contribution in [0.15, 0.2) is 46.3 Å². The number of rotatable bonds is 4. The molecular formula is C20H27N5O2S. The molecule has 2 aromatic rings. The number of nitrogen functional groups attached to an aromatic ring is 1. The zero-order valence-electron chi connectivity index (χ0n) is 16.0. The summed E-state index contributed by atoms with van der Waals surface area (Å²) in [5.74, 6) is 0.511. The molecule has 1 saturated carbocycles. The summed E-state index contributed by atoms with van der Waals surface area (Å²) in [7, 11) is -3.72. The normalized spacial score (nSPS) is 19.6. The van der Waals surface area contributed by atoms with E-state index in [9.17, 15) is 8.42 Å². The van der Waals surface area contributed by atoms with E-state index in [1.807, 2.05) is 0 Å². The SMILES string of the molecule is Nc1nc(N2CCN(C3CCCCC3)CC2)ncc1S(=O)(=O)c1ccccc1. The Kier molecular flexibility index (Phi) is 5.50. The topological polar surface area (TPSA) is 92.4 Å². The van der Waals surface area contributed by atoms with Gasteiger partial charge in [0, 0.05) is 32.2 Å². The minimum Gasteiger partial charge on any atom is -0.382 e. The van der Waals surface area contributed by atoms with E-state index >= 15 is 0 Å². The molecule has 150 valence electrons. The summed E-state index contributed by atoms with van der Waals surface area (Å²) < 4.78 is 25.6. The van der Waals surface area contributed by atoms with E-state index in [2.05, 4.69) is 19.8 Å². The third-order valence-electron chi connectivity index (χ3n) is 5.80. The van der Waals surface area contributed by atoms with Gasteiger partial charge >= 0.3 is 0 Å². The number of nitrogens with zero attached hydrogens (tertiary/aromatic N) is 4. The van der Waals surface area contributed by atoms with Crippen molar-refractivity contribution in [3.63, 3.8) is 0 Å². The van der Waals surface area contributed by atoms with Gasteiger partial charge in [-0.2, -0.15) is 4.98 Å². The van der Waals surface area contributed by atoms with Crippen molar-refractivity contribution in [1.29, 1.82) is 0 Å². The lowest BCUT2D eigenvalue weighted by Gasteiger charge is -2.40. The van der Waals surface area contributed by atoms with Gasteiger partial charge in [-0.3, -0.25) is 4.90 Å². The molecule has 1 saturated heterocycles. The summed E-state index contributed by atoms with van der Waals surface area (Å²) in [5.41, 5.74) is 6.03. The van der Waals surface area contributed by atoms with E-state index < -0.39 is 9.84 Å². The third-order valence-corrected chi connectivity index (χ3v) is 7.59. The van der Waals surface area contributed by atoms with Crippen LogP contribution < -0.4 is 10.6 Å². The first kappa shape index (κ1) is 19.1. The third kappa shape index (κ3) is 3.84. The van der Waals surface area contributed by atoms with Crippen molar-refractivity contribution in [3.05, 3.63) is 36.5 Å². The monoisotopic (exact) mass is 401 g/mol. The first-order valence-corrected chi connectivity index (χ1v) is 11.5. The average molecular weight is 402 g/mol. The van der Waals surface area contributed by atoms with Crippen molar-refractivity contribution in [3.8, 4) is 0 Å². The van der Waals surface area contributed by atoms with Gasteiger partial charge in [-0.05, 0) is 25.0 Å². The molecule has 0 radical (unpaired) electrons. The fourth-order valence-electron chi connectivity index (χ4n) is 4.19. The molecule has 1 aromatic heterocycles. The van der Waals surface area contributed by atoms with Gasteiger partial charge in [0.2, 0.25) is 15.8 Å². The summed E-state index contributed by atoms with van der Waals surface area (Å²) in [6, 6.07) is 8.95. The number of benzene rings is 1. The van der Waals surface area contributed by atoms with Crippen LogP contribution in [0.25, 0.3) is 0 Å². The molecule has 0 bridgehead atoms. The van der Waals surface area contributed by atoms with E-state index in [1.54, 1.807) is 30.3 Å². The van der Waals surface area contributed by atoms with Gasteiger partial charge in [-0.1, -0.05) is 37.5 Å². The molecule has 0 spiro atoms. The van der Waals surface area contributed by atoms with Gasteiger partial charge in [0.25, 0.3) is 0 Å². The van der Waals surface area contributed by atoms with Gasteiger partial charge in [-0.15, -0.1) is 0 Å². The fraction of sp³-hybridized carbons (Fsp3) is 0.500. The van der Waals surface area contributed by atoms with Crippen LogP contribution in [0.1, 0.15) is 32.1 Å². The molecular weight excluding hydrogens is 374 g/mol. The molecule has 4 rings (SSSR count). The molecule has 1 aromatic carbocycles. The molecule has 2 N–H and O–H groups in total. The fourth-order valence-corrected chi connectivity index (χ4v) is 5.48. The second-order valence-electron chi connectivity index (χ2n) is 7.55. The number of sulfone groups is 1. The molecule has 2 aliphatic rings. The minimum absolute atomic E-state index is 0.00330. The molecule has 0 amide bonds. The Bertz CT molecular complexity index is 905. The highest BCUT2D eigenvalue weighted by Gasteiger charge is 2.27. The van der Waals surface area contributed by atoms with Crippen LogP contribution >= 0.6 is 0 Å². The smallest absolute Gasteiger partial charge is 0.227 e. The Morgan fingerprint density at radius 1 is 0.964 bits per heavy atom. The summed E-state index contributed by atoms with van der Waals surface area (Å²) in [5, 5.41) is 0. The first-order chi connectivity index (χ1) is 13.6. The van der Waals surface area contributed by atoms with E-state index in [-0.39, 0.29) is 15.6 Å². The van der Waals surface area contributed by atoms with Crippen LogP contribution in [0.4, 0.5) is 11.8 Å². The van der Waals surface area contributed by atoms with Gasteiger partial charge in [0.1, 0.15) is 10.7 Å². The van der Waals surface area contributed by atoms with Crippen molar-refractivity contribution in [1.82, 2.24) is 14.9 Å². The van der Waals surface area contributed by atoms with Crippen molar-refractivity contribution in [2.24, 2.45) is 0 Å². The maximum atomic E-state index is 12.8. The van der Waals surface area contributed by atoms with E-state index in [4.69, 9.17) is 5.73 Å². The molecule has 2 fully saturated rings. The minimum atomic E-state index is -3.72. The lowest BCUT2D eigenvalue weighted by atomic mass is 9.94. The van der Waals surface area contributed by atoms with Crippen molar-refractivity contribution < 1.29 is 8.42 Å². The number of hydrogen-bond acceptors (Lipinski definition) is 7. The zero-order chi connectivity index (χ0) is 19.6. The van der Waals surface area contributed by atoms with Crippen molar-refractivity contribution in [2.75, 3.05) is 36.8 Å². The molecule has 0 unspecified atom stereocenters. The predicted molar refractivity (Wildman–Crippen MR) is 109 cm³/mol. The number of piperazine rings is 1. The Morgan fingerprint density at radius 2 is 1.64 bits per heavy atom. The van der Waals surface area contributed by atoms with Crippen molar-refractivity contribution in [2.45, 2.75) is 47.9 Å². The molecule has 2 heterocycles. The zero-order valence-corrected chi connectivity index (χ0v) is 16.8. The summed E-state index contributed by atoms with van der Waals surface area (Å²) in [6.07, 6.45) is 7.98. The maximum absolute atomic E-state index is 12.8. The second-order valence-corrected chi connectivity index (χ2v) is 9.47. The number of aromatic nitrogens is 2. The summed E-state index contributed by atoms with van der Waals surface area (Å²) in [6.45, 7) is 3.64. The van der Waals surface area contributed by atoms with Crippen LogP contribution in [-0.2, 0) is 9.84 Å².